The lowest BCUT2D eigenvalue weighted by Crippen LogP contribution is -2.42. The normalized spacial score (nSPS) is 16.8. The number of aromatic nitrogens is 1. The molecule has 36 heavy (non-hydrogen) atoms. The van der Waals surface area contributed by atoms with Crippen molar-refractivity contribution in [2.45, 2.75) is 36.8 Å². The highest BCUT2D eigenvalue weighted by atomic mass is 35.5. The van der Waals surface area contributed by atoms with Gasteiger partial charge in [-0.05, 0) is 74.5 Å². The van der Waals surface area contributed by atoms with Gasteiger partial charge in [0.25, 0.3) is 0 Å². The minimum Gasteiger partial charge on any atom is -0.497 e. The molecule has 1 aliphatic heterocycles. The molecule has 194 valence electrons. The van der Waals surface area contributed by atoms with Gasteiger partial charge in [0.2, 0.25) is 0 Å². The standard InChI is InChI=1S/C27H30ClF3N2O2S/c1-35-18-5-6-24-19(15-18)25(20(28)16-32-24)21(29)7-8-27(17-34)9-11-33(12-10-27)13-14-36-26-22(30)3-2-4-23(26)31/h2-6,15-16,21,34H,7-14,17H2,1H3/t21-/m0/s1. The van der Waals surface area contributed by atoms with Crippen LogP contribution < -0.4 is 4.74 Å². The van der Waals surface area contributed by atoms with E-state index in [0.29, 0.717) is 40.9 Å². The smallest absolute Gasteiger partial charge is 0.139 e. The summed E-state index contributed by atoms with van der Waals surface area (Å²) in [7, 11) is 1.56. The van der Waals surface area contributed by atoms with E-state index in [1.807, 2.05) is 0 Å². The lowest BCUT2D eigenvalue weighted by Gasteiger charge is -2.41. The third-order valence-electron chi connectivity index (χ3n) is 7.13. The van der Waals surface area contributed by atoms with Gasteiger partial charge in [0, 0.05) is 36.1 Å². The second kappa shape index (κ2) is 12.0. The average Bonchev–Trinajstić information content (AvgIpc) is 2.89. The van der Waals surface area contributed by atoms with Crippen LogP contribution in [0.2, 0.25) is 5.02 Å². The van der Waals surface area contributed by atoms with Crippen molar-refractivity contribution in [2.75, 3.05) is 39.1 Å². The summed E-state index contributed by atoms with van der Waals surface area (Å²) < 4.78 is 48.5. The first-order valence-corrected chi connectivity index (χ1v) is 13.4. The number of halogens is 4. The lowest BCUT2D eigenvalue weighted by molar-refractivity contribution is 0.0323. The van der Waals surface area contributed by atoms with Crippen LogP contribution in [0.5, 0.6) is 5.75 Å². The summed E-state index contributed by atoms with van der Waals surface area (Å²) in [6, 6.07) is 9.20. The van der Waals surface area contributed by atoms with Gasteiger partial charge in [-0.15, -0.1) is 11.8 Å². The molecular weight excluding hydrogens is 509 g/mol. The zero-order valence-electron chi connectivity index (χ0n) is 20.2. The van der Waals surface area contributed by atoms with Crippen LogP contribution in [0.15, 0.2) is 47.5 Å². The van der Waals surface area contributed by atoms with Crippen LogP contribution in [-0.4, -0.2) is 54.1 Å². The van der Waals surface area contributed by atoms with E-state index in [0.717, 1.165) is 25.9 Å². The molecule has 2 heterocycles. The molecule has 0 bridgehead atoms. The van der Waals surface area contributed by atoms with Gasteiger partial charge in [-0.2, -0.15) is 0 Å². The molecule has 4 rings (SSSR count). The number of thioether (sulfide) groups is 1. The molecule has 4 nitrogen and oxygen atoms in total. The topological polar surface area (TPSA) is 45.6 Å². The SMILES string of the molecule is COc1ccc2ncc(Cl)c([C@@H](F)CCC3(CO)CCN(CCSc4c(F)cccc4F)CC3)c2c1. The summed E-state index contributed by atoms with van der Waals surface area (Å²) in [5.41, 5.74) is 0.693. The van der Waals surface area contributed by atoms with E-state index in [9.17, 15) is 13.9 Å². The molecule has 0 aliphatic carbocycles. The van der Waals surface area contributed by atoms with Crippen LogP contribution in [-0.2, 0) is 0 Å². The molecule has 0 spiro atoms. The Morgan fingerprint density at radius 1 is 1.19 bits per heavy atom. The first kappa shape index (κ1) is 27.0. The lowest BCUT2D eigenvalue weighted by atomic mass is 9.74. The molecular formula is C27H30ClF3N2O2S. The molecule has 0 saturated carbocycles. The Kier molecular flexibility index (Phi) is 9.04. The summed E-state index contributed by atoms with van der Waals surface area (Å²) in [5.74, 6) is 0.0850. The fourth-order valence-electron chi connectivity index (χ4n) is 4.83. The van der Waals surface area contributed by atoms with Crippen LogP contribution in [0.1, 0.15) is 37.4 Å². The molecule has 0 unspecified atom stereocenters. The number of hydrogen-bond donors (Lipinski definition) is 1. The number of likely N-dealkylation sites (tertiary alicyclic amines) is 1. The van der Waals surface area contributed by atoms with Crippen LogP contribution in [0.25, 0.3) is 10.9 Å². The van der Waals surface area contributed by atoms with Gasteiger partial charge in [0.1, 0.15) is 23.6 Å². The Hall–Kier alpha value is -2.00. The molecule has 1 atom stereocenters. The fourth-order valence-corrected chi connectivity index (χ4v) is 6.06. The van der Waals surface area contributed by atoms with E-state index >= 15 is 4.39 Å². The van der Waals surface area contributed by atoms with E-state index in [4.69, 9.17) is 16.3 Å². The number of methoxy groups -OCH3 is 1. The summed E-state index contributed by atoms with van der Waals surface area (Å²) >= 11 is 7.54. The average molecular weight is 539 g/mol. The van der Waals surface area contributed by atoms with Crippen molar-refractivity contribution < 1.29 is 23.0 Å². The highest BCUT2D eigenvalue weighted by Gasteiger charge is 2.35. The van der Waals surface area contributed by atoms with E-state index in [-0.39, 0.29) is 28.4 Å². The van der Waals surface area contributed by atoms with Crippen LogP contribution in [0.3, 0.4) is 0 Å². The van der Waals surface area contributed by atoms with Crippen molar-refractivity contribution in [2.24, 2.45) is 5.41 Å². The number of fused-ring (bicyclic) bond motifs is 1. The molecule has 1 N–H and O–H groups in total. The summed E-state index contributed by atoms with van der Waals surface area (Å²) in [4.78, 5) is 6.58. The Bertz CT molecular complexity index is 1170. The van der Waals surface area contributed by atoms with Crippen molar-refractivity contribution in [1.29, 1.82) is 0 Å². The second-order valence-electron chi connectivity index (χ2n) is 9.31. The Labute approximate surface area is 218 Å². The number of alkyl halides is 1. The largest absolute Gasteiger partial charge is 0.497 e. The second-order valence-corrected chi connectivity index (χ2v) is 10.8. The third-order valence-corrected chi connectivity index (χ3v) is 8.50. The van der Waals surface area contributed by atoms with Gasteiger partial charge >= 0.3 is 0 Å². The van der Waals surface area contributed by atoms with Gasteiger partial charge in [0.15, 0.2) is 0 Å². The number of ether oxygens (including phenoxy) is 1. The van der Waals surface area contributed by atoms with Crippen molar-refractivity contribution in [1.82, 2.24) is 9.88 Å². The van der Waals surface area contributed by atoms with Gasteiger partial charge in [-0.25, -0.2) is 13.2 Å². The Balaban J connectivity index is 1.34. The monoisotopic (exact) mass is 538 g/mol. The van der Waals surface area contributed by atoms with Crippen molar-refractivity contribution in [3.05, 3.63) is 64.8 Å². The highest BCUT2D eigenvalue weighted by Crippen LogP contribution is 2.42. The number of aliphatic hydroxyl groups excluding tert-OH is 1. The first-order chi connectivity index (χ1) is 17.4. The van der Waals surface area contributed by atoms with Gasteiger partial charge in [-0.3, -0.25) is 4.98 Å². The number of benzene rings is 2. The molecule has 9 heteroatoms. The van der Waals surface area contributed by atoms with E-state index in [2.05, 4.69) is 9.88 Å². The molecule has 3 aromatic rings. The van der Waals surface area contributed by atoms with Crippen molar-refractivity contribution in [3.8, 4) is 5.75 Å². The van der Waals surface area contributed by atoms with E-state index < -0.39 is 17.8 Å². The zero-order valence-corrected chi connectivity index (χ0v) is 21.7. The predicted molar refractivity (Wildman–Crippen MR) is 139 cm³/mol. The maximum Gasteiger partial charge on any atom is 0.139 e. The van der Waals surface area contributed by atoms with E-state index in [1.165, 1.54) is 36.2 Å². The maximum absolute atomic E-state index is 15.6. The Morgan fingerprint density at radius 2 is 1.92 bits per heavy atom. The minimum absolute atomic E-state index is 0.0125. The molecule has 1 aromatic heterocycles. The van der Waals surface area contributed by atoms with Gasteiger partial charge < -0.3 is 14.7 Å². The maximum atomic E-state index is 15.6. The fraction of sp³-hybridized carbons (Fsp3) is 0.444. The molecule has 1 saturated heterocycles. The van der Waals surface area contributed by atoms with Crippen LogP contribution in [0, 0.1) is 17.0 Å². The van der Waals surface area contributed by atoms with Crippen LogP contribution >= 0.6 is 23.4 Å². The van der Waals surface area contributed by atoms with Crippen molar-refractivity contribution in [3.63, 3.8) is 0 Å². The van der Waals surface area contributed by atoms with Gasteiger partial charge in [0.05, 0.1) is 22.5 Å². The van der Waals surface area contributed by atoms with Crippen molar-refractivity contribution >= 4 is 34.3 Å². The summed E-state index contributed by atoms with van der Waals surface area (Å²) in [6.45, 7) is 2.16. The molecule has 1 fully saturated rings. The summed E-state index contributed by atoms with van der Waals surface area (Å²) in [6.07, 6.45) is 2.39. The van der Waals surface area contributed by atoms with Gasteiger partial charge in [-0.1, -0.05) is 17.7 Å². The number of hydrogen-bond acceptors (Lipinski definition) is 5. The third kappa shape index (κ3) is 6.10. The molecule has 2 aromatic carbocycles. The number of pyridine rings is 1. The zero-order chi connectivity index (χ0) is 25.7. The first-order valence-electron chi connectivity index (χ1n) is 12.0. The molecule has 1 aliphatic rings. The number of rotatable bonds is 10. The predicted octanol–water partition coefficient (Wildman–Crippen LogP) is 6.83. The molecule has 0 radical (unpaired) electrons. The Morgan fingerprint density at radius 3 is 2.58 bits per heavy atom. The number of piperidine rings is 1. The quantitative estimate of drug-likeness (QED) is 0.287. The molecule has 0 amide bonds. The highest BCUT2D eigenvalue weighted by molar-refractivity contribution is 7.99. The van der Waals surface area contributed by atoms with E-state index in [1.54, 1.807) is 25.3 Å². The minimum atomic E-state index is -1.30. The van der Waals surface area contributed by atoms with Crippen LogP contribution in [0.4, 0.5) is 13.2 Å². The number of aliphatic hydroxyl groups is 1. The summed E-state index contributed by atoms with van der Waals surface area (Å²) in [5, 5.41) is 11.1. The number of nitrogens with zero attached hydrogens (tertiary/aromatic N) is 2.